The van der Waals surface area contributed by atoms with Crippen LogP contribution in [0.25, 0.3) is 0 Å². The van der Waals surface area contributed by atoms with Crippen LogP contribution in [-0.4, -0.2) is 25.8 Å². The summed E-state index contributed by atoms with van der Waals surface area (Å²) in [5.74, 6) is 0.0434. The number of nitrogens with two attached hydrogens (primary N) is 1. The zero-order valence-corrected chi connectivity index (χ0v) is 6.69. The normalized spacial score (nSPS) is 10.1. The van der Waals surface area contributed by atoms with E-state index < -0.39 is 5.97 Å². The van der Waals surface area contributed by atoms with Crippen LogP contribution in [0.15, 0.2) is 0 Å². The Morgan fingerprint density at radius 2 is 2.33 bits per heavy atom. The molecule has 0 aromatic carbocycles. The fourth-order valence-corrected chi connectivity index (χ4v) is 0.812. The van der Waals surface area contributed by atoms with E-state index in [1.165, 1.54) is 0 Å². The number of aryl methyl sites for hydroxylation is 1. The maximum Gasteiger partial charge on any atom is 0.303 e. The molecule has 0 saturated carbocycles. The molecule has 0 radical (unpaired) electrons. The average Bonchev–Trinajstić information content (AvgIpc) is 2.30. The Labute approximate surface area is 69.0 Å². The van der Waals surface area contributed by atoms with Crippen LogP contribution in [0.1, 0.15) is 12.2 Å². The van der Waals surface area contributed by atoms with Crippen LogP contribution in [-0.2, 0) is 18.3 Å². The van der Waals surface area contributed by atoms with Gasteiger partial charge in [0.05, 0.1) is 6.42 Å². The van der Waals surface area contributed by atoms with Gasteiger partial charge in [0.1, 0.15) is 5.82 Å². The lowest BCUT2D eigenvalue weighted by atomic mass is 10.3. The Kier molecular flexibility index (Phi) is 2.27. The first kappa shape index (κ1) is 8.51. The first-order valence-corrected chi connectivity index (χ1v) is 3.47. The lowest BCUT2D eigenvalue weighted by molar-refractivity contribution is -0.137. The molecule has 3 N–H and O–H groups in total. The van der Waals surface area contributed by atoms with Crippen molar-refractivity contribution in [1.82, 2.24) is 14.8 Å². The Morgan fingerprint density at radius 1 is 1.67 bits per heavy atom. The number of carbonyl (C=O) groups is 1. The lowest BCUT2D eigenvalue weighted by Crippen LogP contribution is -2.05. The van der Waals surface area contributed by atoms with Gasteiger partial charge in [0.2, 0.25) is 5.95 Å². The van der Waals surface area contributed by atoms with Gasteiger partial charge >= 0.3 is 5.97 Å². The molecule has 0 aliphatic carbocycles. The molecule has 0 spiro atoms. The van der Waals surface area contributed by atoms with E-state index in [-0.39, 0.29) is 6.42 Å². The number of aromatic nitrogens is 3. The fraction of sp³-hybridized carbons (Fsp3) is 0.500. The van der Waals surface area contributed by atoms with E-state index in [0.29, 0.717) is 18.2 Å². The number of nitrogens with zero attached hydrogens (tertiary/aromatic N) is 3. The Hall–Kier alpha value is -1.59. The molecule has 0 aliphatic rings. The molecule has 6 heteroatoms. The zero-order valence-electron chi connectivity index (χ0n) is 6.69. The summed E-state index contributed by atoms with van der Waals surface area (Å²) in [5, 5.41) is 15.7. The van der Waals surface area contributed by atoms with E-state index in [4.69, 9.17) is 10.8 Å². The molecule has 0 amide bonds. The molecule has 66 valence electrons. The zero-order chi connectivity index (χ0) is 9.14. The molecule has 0 bridgehead atoms. The average molecular weight is 170 g/mol. The van der Waals surface area contributed by atoms with Gasteiger partial charge in [-0.3, -0.25) is 4.79 Å². The number of hydrogen-bond acceptors (Lipinski definition) is 4. The van der Waals surface area contributed by atoms with E-state index in [1.807, 2.05) is 0 Å². The molecular formula is C6H10N4O2. The summed E-state index contributed by atoms with van der Waals surface area (Å²) in [6, 6.07) is 0. The van der Waals surface area contributed by atoms with E-state index in [2.05, 4.69) is 10.2 Å². The number of hydrogen-bond donors (Lipinski definition) is 2. The maximum atomic E-state index is 10.2. The molecular weight excluding hydrogens is 160 g/mol. The van der Waals surface area contributed by atoms with Gasteiger partial charge in [-0.05, 0) is 0 Å². The predicted octanol–water partition coefficient (Wildman–Crippen LogP) is -0.586. The SMILES string of the molecule is Cn1c(N)nnc1CCC(=O)O. The van der Waals surface area contributed by atoms with Crippen molar-refractivity contribution in [3.63, 3.8) is 0 Å². The summed E-state index contributed by atoms with van der Waals surface area (Å²) in [4.78, 5) is 10.2. The number of anilines is 1. The monoisotopic (exact) mass is 170 g/mol. The predicted molar refractivity (Wildman–Crippen MR) is 41.4 cm³/mol. The van der Waals surface area contributed by atoms with Crippen molar-refractivity contribution >= 4 is 11.9 Å². The minimum atomic E-state index is -0.850. The topological polar surface area (TPSA) is 94.0 Å². The van der Waals surface area contributed by atoms with Crippen molar-refractivity contribution in [3.05, 3.63) is 5.82 Å². The number of carboxylic acids is 1. The Bertz CT molecular complexity index is 294. The van der Waals surface area contributed by atoms with Gasteiger partial charge in [0.25, 0.3) is 0 Å². The first-order chi connectivity index (χ1) is 5.61. The second-order valence-corrected chi connectivity index (χ2v) is 2.43. The molecule has 0 unspecified atom stereocenters. The Balaban J connectivity index is 2.63. The van der Waals surface area contributed by atoms with Gasteiger partial charge in [-0.15, -0.1) is 10.2 Å². The number of nitrogen functional groups attached to an aromatic ring is 1. The fourth-order valence-electron chi connectivity index (χ4n) is 0.812. The van der Waals surface area contributed by atoms with Gasteiger partial charge in [-0.1, -0.05) is 0 Å². The van der Waals surface area contributed by atoms with Crippen LogP contribution in [0.5, 0.6) is 0 Å². The van der Waals surface area contributed by atoms with Gasteiger partial charge in [0.15, 0.2) is 0 Å². The van der Waals surface area contributed by atoms with Crippen molar-refractivity contribution in [1.29, 1.82) is 0 Å². The van der Waals surface area contributed by atoms with Gasteiger partial charge in [0, 0.05) is 13.5 Å². The van der Waals surface area contributed by atoms with E-state index in [1.54, 1.807) is 11.6 Å². The molecule has 0 saturated heterocycles. The molecule has 1 heterocycles. The van der Waals surface area contributed by atoms with Crippen LogP contribution >= 0.6 is 0 Å². The summed E-state index contributed by atoms with van der Waals surface area (Å²) < 4.78 is 1.57. The van der Waals surface area contributed by atoms with E-state index in [0.717, 1.165) is 0 Å². The molecule has 1 aromatic heterocycles. The minimum Gasteiger partial charge on any atom is -0.481 e. The summed E-state index contributed by atoms with van der Waals surface area (Å²) in [6.07, 6.45) is 0.405. The molecule has 1 aromatic rings. The van der Waals surface area contributed by atoms with Gasteiger partial charge in [-0.25, -0.2) is 0 Å². The molecule has 1 rings (SSSR count). The van der Waals surface area contributed by atoms with Crippen molar-refractivity contribution < 1.29 is 9.90 Å². The molecule has 12 heavy (non-hydrogen) atoms. The van der Waals surface area contributed by atoms with Crippen molar-refractivity contribution in [2.45, 2.75) is 12.8 Å². The summed E-state index contributed by atoms with van der Waals surface area (Å²) >= 11 is 0. The number of rotatable bonds is 3. The highest BCUT2D eigenvalue weighted by Crippen LogP contribution is 2.02. The van der Waals surface area contributed by atoms with Gasteiger partial charge < -0.3 is 15.4 Å². The third-order valence-electron chi connectivity index (χ3n) is 1.56. The highest BCUT2D eigenvalue weighted by Gasteiger charge is 2.06. The van der Waals surface area contributed by atoms with Crippen molar-refractivity contribution in [3.8, 4) is 0 Å². The number of aliphatic carboxylic acids is 1. The first-order valence-electron chi connectivity index (χ1n) is 3.47. The smallest absolute Gasteiger partial charge is 0.303 e. The summed E-state index contributed by atoms with van der Waals surface area (Å²) in [5.41, 5.74) is 5.39. The van der Waals surface area contributed by atoms with Crippen LogP contribution < -0.4 is 5.73 Å². The lowest BCUT2D eigenvalue weighted by Gasteiger charge is -1.97. The minimum absolute atomic E-state index is 0.0476. The van der Waals surface area contributed by atoms with Crippen LogP contribution in [0, 0.1) is 0 Å². The highest BCUT2D eigenvalue weighted by molar-refractivity contribution is 5.66. The van der Waals surface area contributed by atoms with E-state index >= 15 is 0 Å². The Morgan fingerprint density at radius 3 is 2.75 bits per heavy atom. The standard InChI is InChI=1S/C6H10N4O2/c1-10-4(2-3-5(11)12)8-9-6(10)7/h2-3H2,1H3,(H2,7,9)(H,11,12). The quantitative estimate of drug-likeness (QED) is 0.632. The molecule has 6 nitrogen and oxygen atoms in total. The highest BCUT2D eigenvalue weighted by atomic mass is 16.4. The van der Waals surface area contributed by atoms with E-state index in [9.17, 15) is 4.79 Å². The summed E-state index contributed by atoms with van der Waals surface area (Å²) in [6.45, 7) is 0. The summed E-state index contributed by atoms with van der Waals surface area (Å²) in [7, 11) is 1.70. The van der Waals surface area contributed by atoms with Gasteiger partial charge in [-0.2, -0.15) is 0 Å². The largest absolute Gasteiger partial charge is 0.481 e. The number of carboxylic acid groups (broad SMARTS) is 1. The van der Waals surface area contributed by atoms with Crippen LogP contribution in [0.3, 0.4) is 0 Å². The molecule has 0 fully saturated rings. The van der Waals surface area contributed by atoms with Crippen molar-refractivity contribution in [2.24, 2.45) is 7.05 Å². The third-order valence-corrected chi connectivity index (χ3v) is 1.56. The molecule has 0 aliphatic heterocycles. The molecule has 0 atom stereocenters. The second-order valence-electron chi connectivity index (χ2n) is 2.43. The van der Waals surface area contributed by atoms with Crippen molar-refractivity contribution in [2.75, 3.05) is 5.73 Å². The van der Waals surface area contributed by atoms with Crippen LogP contribution in [0.4, 0.5) is 5.95 Å². The third kappa shape index (κ3) is 1.71. The van der Waals surface area contributed by atoms with Crippen LogP contribution in [0.2, 0.25) is 0 Å². The maximum absolute atomic E-state index is 10.2. The second kappa shape index (κ2) is 3.21.